The average Bonchev–Trinajstić information content (AvgIpc) is 2.61. The maximum Gasteiger partial charge on any atom is 0.311 e. The summed E-state index contributed by atoms with van der Waals surface area (Å²) in [6, 6.07) is 17.0. The number of carbonyl (C=O) groups excluding carboxylic acids is 2. The maximum absolute atomic E-state index is 13.4. The van der Waals surface area contributed by atoms with Crippen LogP contribution in [-0.2, 0) is 18.7 Å². The molecule has 0 spiro atoms. The molecule has 0 aliphatic rings. The van der Waals surface area contributed by atoms with E-state index in [2.05, 4.69) is 0 Å². The summed E-state index contributed by atoms with van der Waals surface area (Å²) in [4.78, 5) is 23.1. The molecule has 0 bridgehead atoms. The van der Waals surface area contributed by atoms with Gasteiger partial charge in [-0.25, -0.2) is 0 Å². The Morgan fingerprint density at radius 1 is 0.870 bits per heavy atom. The molecule has 0 saturated carbocycles. The first-order chi connectivity index (χ1) is 11.1. The zero-order valence-electron chi connectivity index (χ0n) is 12.4. The molecule has 0 aliphatic carbocycles. The van der Waals surface area contributed by atoms with Crippen LogP contribution >= 0.6 is 7.37 Å². The molecule has 0 aliphatic heterocycles. The van der Waals surface area contributed by atoms with Gasteiger partial charge in [-0.3, -0.25) is 14.2 Å². The van der Waals surface area contributed by atoms with Gasteiger partial charge in [-0.1, -0.05) is 36.4 Å². The summed E-state index contributed by atoms with van der Waals surface area (Å²) in [5.41, 5.74) is 0. The quantitative estimate of drug-likeness (QED) is 0.782. The number of aliphatic hydroxyl groups is 1. The molecule has 6 heteroatoms. The fourth-order valence-corrected chi connectivity index (χ4v) is 4.03. The molecule has 0 unspecified atom stereocenters. The van der Waals surface area contributed by atoms with Crippen molar-refractivity contribution in [2.24, 2.45) is 0 Å². The predicted molar refractivity (Wildman–Crippen MR) is 87.2 cm³/mol. The van der Waals surface area contributed by atoms with Crippen LogP contribution in [0.15, 0.2) is 60.7 Å². The highest BCUT2D eigenvalue weighted by atomic mass is 31.2. The average molecular weight is 332 g/mol. The first-order valence-electron chi connectivity index (χ1n) is 7.12. The molecular weight excluding hydrogens is 315 g/mol. The molecule has 1 N–H and O–H groups in total. The van der Waals surface area contributed by atoms with Gasteiger partial charge in [0.2, 0.25) is 0 Å². The third-order valence-electron chi connectivity index (χ3n) is 3.21. The third-order valence-corrected chi connectivity index (χ3v) is 5.62. The van der Waals surface area contributed by atoms with Crippen molar-refractivity contribution in [3.05, 3.63) is 60.7 Å². The highest BCUT2D eigenvalue weighted by Crippen LogP contribution is 2.44. The first-order valence-corrected chi connectivity index (χ1v) is 8.75. The van der Waals surface area contributed by atoms with Crippen molar-refractivity contribution in [1.82, 2.24) is 0 Å². The lowest BCUT2D eigenvalue weighted by Gasteiger charge is -2.19. The highest BCUT2D eigenvalue weighted by molar-refractivity contribution is 7.74. The van der Waals surface area contributed by atoms with Crippen LogP contribution in [-0.4, -0.2) is 23.5 Å². The van der Waals surface area contributed by atoms with Crippen molar-refractivity contribution in [3.8, 4) is 0 Å². The van der Waals surface area contributed by atoms with Gasteiger partial charge in [-0.05, 0) is 24.3 Å². The summed E-state index contributed by atoms with van der Waals surface area (Å²) in [7, 11) is -3.57. The Balaban J connectivity index is 2.27. The Kier molecular flexibility index (Phi) is 5.85. The van der Waals surface area contributed by atoms with Crippen molar-refractivity contribution in [1.29, 1.82) is 0 Å². The van der Waals surface area contributed by atoms with Crippen molar-refractivity contribution < 1.29 is 23.8 Å². The fraction of sp³-hybridized carbons (Fsp3) is 0.176. The lowest BCUT2D eigenvalue weighted by molar-refractivity contribution is -0.136. The van der Waals surface area contributed by atoms with E-state index in [9.17, 15) is 14.2 Å². The van der Waals surface area contributed by atoms with Crippen LogP contribution in [0.4, 0.5) is 0 Å². The third kappa shape index (κ3) is 4.38. The van der Waals surface area contributed by atoms with Crippen LogP contribution in [0.5, 0.6) is 0 Å². The summed E-state index contributed by atoms with van der Waals surface area (Å²) >= 11 is 0. The topological polar surface area (TPSA) is 80.7 Å². The maximum atomic E-state index is 13.4. The summed E-state index contributed by atoms with van der Waals surface area (Å²) in [6.45, 7) is -0.623. The van der Waals surface area contributed by atoms with E-state index in [0.717, 1.165) is 0 Å². The summed E-state index contributed by atoms with van der Waals surface area (Å²) < 4.78 is 18.7. The van der Waals surface area contributed by atoms with Crippen LogP contribution in [0.25, 0.3) is 0 Å². The number of ketones is 1. The molecule has 0 aromatic heterocycles. The molecular formula is C17H17O5P. The van der Waals surface area contributed by atoms with Crippen molar-refractivity contribution >= 4 is 29.7 Å². The van der Waals surface area contributed by atoms with E-state index < -0.39 is 25.7 Å². The fourth-order valence-electron chi connectivity index (χ4n) is 2.01. The summed E-state index contributed by atoms with van der Waals surface area (Å²) in [5, 5.41) is 9.50. The Bertz CT molecular complexity index is 669. The molecule has 2 aromatic rings. The molecule has 0 amide bonds. The van der Waals surface area contributed by atoms with Crippen LogP contribution in [0.2, 0.25) is 0 Å². The van der Waals surface area contributed by atoms with Gasteiger partial charge in [0.05, 0.1) is 17.0 Å². The second-order valence-corrected chi connectivity index (χ2v) is 7.20. The zero-order chi connectivity index (χ0) is 16.7. The van der Waals surface area contributed by atoms with E-state index in [-0.39, 0.29) is 12.8 Å². The number of rotatable bonds is 7. The van der Waals surface area contributed by atoms with Crippen molar-refractivity contribution in [2.45, 2.75) is 12.8 Å². The Morgan fingerprint density at radius 2 is 1.35 bits per heavy atom. The minimum atomic E-state index is -3.57. The zero-order valence-corrected chi connectivity index (χ0v) is 13.3. The summed E-state index contributed by atoms with van der Waals surface area (Å²) in [5.74, 6) is -1.20. The van der Waals surface area contributed by atoms with E-state index in [1.54, 1.807) is 60.7 Å². The van der Waals surface area contributed by atoms with Crippen LogP contribution in [0.1, 0.15) is 12.8 Å². The second-order valence-electron chi connectivity index (χ2n) is 4.88. The Labute approximate surface area is 134 Å². The molecule has 120 valence electrons. The van der Waals surface area contributed by atoms with Crippen LogP contribution < -0.4 is 10.6 Å². The molecule has 0 heterocycles. The number of benzene rings is 2. The second kappa shape index (κ2) is 7.86. The standard InChI is InChI=1S/C17H17O5P/c18-13-14(19)11-12-17(20)22-23(21,15-7-3-1-4-8-15)16-9-5-2-6-10-16/h1-10,18H,11-13H2. The molecule has 0 atom stereocenters. The lowest BCUT2D eigenvalue weighted by Crippen LogP contribution is -2.21. The van der Waals surface area contributed by atoms with Gasteiger partial charge in [-0.2, -0.15) is 0 Å². The van der Waals surface area contributed by atoms with Gasteiger partial charge in [-0.15, -0.1) is 0 Å². The molecule has 2 aromatic carbocycles. The molecule has 0 saturated heterocycles. The smallest absolute Gasteiger partial charge is 0.311 e. The van der Waals surface area contributed by atoms with E-state index in [4.69, 9.17) is 9.63 Å². The molecule has 0 radical (unpaired) electrons. The number of hydrogen-bond acceptors (Lipinski definition) is 5. The number of aliphatic hydroxyl groups excluding tert-OH is 1. The molecule has 5 nitrogen and oxygen atoms in total. The Hall–Kier alpha value is -2.23. The SMILES string of the molecule is O=C(CO)CCC(=O)OP(=O)(c1ccccc1)c1ccccc1. The Morgan fingerprint density at radius 3 is 1.78 bits per heavy atom. The molecule has 0 fully saturated rings. The van der Waals surface area contributed by atoms with Crippen LogP contribution in [0, 0.1) is 0 Å². The van der Waals surface area contributed by atoms with Gasteiger partial charge in [0.25, 0.3) is 0 Å². The number of hydrogen-bond donors (Lipinski definition) is 1. The minimum absolute atomic E-state index is 0.140. The van der Waals surface area contributed by atoms with Crippen molar-refractivity contribution in [3.63, 3.8) is 0 Å². The molecule has 2 rings (SSSR count). The number of carbonyl (C=O) groups is 2. The van der Waals surface area contributed by atoms with E-state index in [1.165, 1.54) is 0 Å². The van der Waals surface area contributed by atoms with Gasteiger partial charge < -0.3 is 9.63 Å². The minimum Gasteiger partial charge on any atom is -0.405 e. The summed E-state index contributed by atoms with van der Waals surface area (Å²) in [6.07, 6.45) is -0.359. The number of Topliss-reactive ketones (excluding diaryl/α,β-unsaturated/α-hetero) is 1. The van der Waals surface area contributed by atoms with Gasteiger partial charge in [0.1, 0.15) is 6.61 Å². The van der Waals surface area contributed by atoms with Gasteiger partial charge >= 0.3 is 13.3 Å². The van der Waals surface area contributed by atoms with E-state index in [0.29, 0.717) is 10.6 Å². The molecule has 23 heavy (non-hydrogen) atoms. The normalized spacial score (nSPS) is 11.0. The monoisotopic (exact) mass is 332 g/mol. The first kappa shape index (κ1) is 17.1. The predicted octanol–water partition coefficient (Wildman–Crippen LogP) is 1.80. The van der Waals surface area contributed by atoms with Crippen LogP contribution in [0.3, 0.4) is 0 Å². The van der Waals surface area contributed by atoms with Gasteiger partial charge in [0.15, 0.2) is 5.78 Å². The van der Waals surface area contributed by atoms with E-state index in [1.807, 2.05) is 0 Å². The van der Waals surface area contributed by atoms with Crippen molar-refractivity contribution in [2.75, 3.05) is 6.61 Å². The highest BCUT2D eigenvalue weighted by Gasteiger charge is 2.31. The largest absolute Gasteiger partial charge is 0.405 e. The van der Waals surface area contributed by atoms with Gasteiger partial charge in [0, 0.05) is 6.42 Å². The lowest BCUT2D eigenvalue weighted by atomic mass is 10.2. The van der Waals surface area contributed by atoms with E-state index >= 15 is 0 Å².